The van der Waals surface area contributed by atoms with Crippen LogP contribution in [0.25, 0.3) is 0 Å². The van der Waals surface area contributed by atoms with Crippen LogP contribution in [0.1, 0.15) is 27.2 Å². The molecule has 104 valence electrons. The summed E-state index contributed by atoms with van der Waals surface area (Å²) in [6.07, 6.45) is 2.62. The second-order valence-corrected chi connectivity index (χ2v) is 5.77. The maximum absolute atomic E-state index is 12.2. The van der Waals surface area contributed by atoms with E-state index in [2.05, 4.69) is 18.2 Å². The summed E-state index contributed by atoms with van der Waals surface area (Å²) >= 11 is 1.36. The Hall–Kier alpha value is -1.81. The van der Waals surface area contributed by atoms with E-state index in [9.17, 15) is 4.79 Å². The molecule has 20 heavy (non-hydrogen) atoms. The lowest BCUT2D eigenvalue weighted by Crippen LogP contribution is -2.25. The number of carbonyl (C=O) groups excluding carboxylic acids is 1. The molecular formula is C16H16O3S. The fourth-order valence-electron chi connectivity index (χ4n) is 2.58. The smallest absolute Gasteiger partial charge is 0.352 e. The molecular weight excluding hydrogens is 272 g/mol. The van der Waals surface area contributed by atoms with E-state index in [1.165, 1.54) is 22.5 Å². The molecule has 0 N–H and O–H groups in total. The number of fused-ring (bicyclic) bond motifs is 1. The van der Waals surface area contributed by atoms with Gasteiger partial charge < -0.3 is 9.47 Å². The van der Waals surface area contributed by atoms with E-state index in [4.69, 9.17) is 9.47 Å². The summed E-state index contributed by atoms with van der Waals surface area (Å²) < 4.78 is 10.8. The highest BCUT2D eigenvalue weighted by Crippen LogP contribution is 2.28. The highest BCUT2D eigenvalue weighted by molar-refractivity contribution is 7.12. The predicted molar refractivity (Wildman–Crippen MR) is 78.5 cm³/mol. The molecule has 1 aliphatic carbocycles. The SMILES string of the molecule is COc1ccsc1C(=O)OC1CCc2ccccc2C1. The van der Waals surface area contributed by atoms with Gasteiger partial charge in [0.1, 0.15) is 11.9 Å². The number of esters is 1. The Kier molecular flexibility index (Phi) is 3.74. The van der Waals surface area contributed by atoms with E-state index in [-0.39, 0.29) is 12.1 Å². The van der Waals surface area contributed by atoms with Crippen molar-refractivity contribution in [2.24, 2.45) is 0 Å². The number of methoxy groups -OCH3 is 1. The van der Waals surface area contributed by atoms with Gasteiger partial charge in [0.2, 0.25) is 0 Å². The Balaban J connectivity index is 1.69. The number of aryl methyl sites for hydroxylation is 1. The van der Waals surface area contributed by atoms with Crippen LogP contribution in [-0.2, 0) is 17.6 Å². The molecule has 0 saturated heterocycles. The second kappa shape index (κ2) is 5.67. The van der Waals surface area contributed by atoms with Gasteiger partial charge in [-0.3, -0.25) is 0 Å². The largest absolute Gasteiger partial charge is 0.495 e. The Morgan fingerprint density at radius 3 is 2.85 bits per heavy atom. The summed E-state index contributed by atoms with van der Waals surface area (Å²) in [5.74, 6) is 0.317. The van der Waals surface area contributed by atoms with Gasteiger partial charge in [-0.25, -0.2) is 4.79 Å². The fourth-order valence-corrected chi connectivity index (χ4v) is 3.32. The number of carbonyl (C=O) groups is 1. The molecule has 1 aromatic carbocycles. The molecule has 1 unspecified atom stereocenters. The van der Waals surface area contributed by atoms with Crippen LogP contribution in [-0.4, -0.2) is 19.2 Å². The maximum Gasteiger partial charge on any atom is 0.352 e. The van der Waals surface area contributed by atoms with Crippen LogP contribution in [0.15, 0.2) is 35.7 Å². The van der Waals surface area contributed by atoms with Crippen LogP contribution >= 0.6 is 11.3 Å². The lowest BCUT2D eigenvalue weighted by molar-refractivity contribution is 0.0274. The summed E-state index contributed by atoms with van der Waals surface area (Å²) in [4.78, 5) is 12.7. The van der Waals surface area contributed by atoms with Crippen LogP contribution < -0.4 is 4.74 Å². The van der Waals surface area contributed by atoms with Crippen LogP contribution in [0.5, 0.6) is 5.75 Å². The van der Waals surface area contributed by atoms with Crippen molar-refractivity contribution in [3.05, 3.63) is 51.7 Å². The van der Waals surface area contributed by atoms with Gasteiger partial charge in [-0.1, -0.05) is 24.3 Å². The quantitative estimate of drug-likeness (QED) is 0.811. The van der Waals surface area contributed by atoms with Crippen molar-refractivity contribution in [1.82, 2.24) is 0 Å². The normalized spacial score (nSPS) is 17.4. The van der Waals surface area contributed by atoms with E-state index in [0.717, 1.165) is 19.3 Å². The Morgan fingerprint density at radius 2 is 2.05 bits per heavy atom. The van der Waals surface area contributed by atoms with Crippen molar-refractivity contribution in [2.45, 2.75) is 25.4 Å². The monoisotopic (exact) mass is 288 g/mol. The number of hydrogen-bond acceptors (Lipinski definition) is 4. The van der Waals surface area contributed by atoms with Gasteiger partial charge in [-0.15, -0.1) is 11.3 Å². The average molecular weight is 288 g/mol. The molecule has 1 aromatic heterocycles. The van der Waals surface area contributed by atoms with E-state index in [1.807, 2.05) is 11.4 Å². The number of hydrogen-bond donors (Lipinski definition) is 0. The van der Waals surface area contributed by atoms with Crippen LogP contribution in [0.3, 0.4) is 0 Å². The van der Waals surface area contributed by atoms with Crippen molar-refractivity contribution in [3.63, 3.8) is 0 Å². The van der Waals surface area contributed by atoms with E-state index in [1.54, 1.807) is 13.2 Å². The third kappa shape index (κ3) is 2.56. The van der Waals surface area contributed by atoms with Crippen LogP contribution in [0, 0.1) is 0 Å². The van der Waals surface area contributed by atoms with Gasteiger partial charge >= 0.3 is 5.97 Å². The van der Waals surface area contributed by atoms with Crippen molar-refractivity contribution in [1.29, 1.82) is 0 Å². The van der Waals surface area contributed by atoms with Gasteiger partial charge in [0.15, 0.2) is 4.88 Å². The van der Waals surface area contributed by atoms with Crippen molar-refractivity contribution in [3.8, 4) is 5.75 Å². The number of benzene rings is 1. The summed E-state index contributed by atoms with van der Waals surface area (Å²) in [6.45, 7) is 0. The third-order valence-electron chi connectivity index (χ3n) is 3.61. The molecule has 0 amide bonds. The molecule has 3 rings (SSSR count). The minimum absolute atomic E-state index is 0.0378. The average Bonchev–Trinajstić information content (AvgIpc) is 2.95. The van der Waals surface area contributed by atoms with Gasteiger partial charge in [0, 0.05) is 6.42 Å². The van der Waals surface area contributed by atoms with Gasteiger partial charge in [0.25, 0.3) is 0 Å². The first-order chi connectivity index (χ1) is 9.78. The second-order valence-electron chi connectivity index (χ2n) is 4.86. The van der Waals surface area contributed by atoms with Crippen molar-refractivity contribution in [2.75, 3.05) is 7.11 Å². The molecule has 1 aliphatic rings. The number of thiophene rings is 1. The molecule has 0 fully saturated rings. The summed E-state index contributed by atoms with van der Waals surface area (Å²) in [5, 5.41) is 1.84. The van der Waals surface area contributed by atoms with Gasteiger partial charge in [0.05, 0.1) is 7.11 Å². The zero-order valence-electron chi connectivity index (χ0n) is 11.3. The van der Waals surface area contributed by atoms with E-state index < -0.39 is 0 Å². The molecule has 0 aliphatic heterocycles. The highest BCUT2D eigenvalue weighted by atomic mass is 32.1. The summed E-state index contributed by atoms with van der Waals surface area (Å²) in [5.41, 5.74) is 2.66. The standard InChI is InChI=1S/C16H16O3S/c1-18-14-8-9-20-15(14)16(17)19-13-7-6-11-4-2-3-5-12(11)10-13/h2-5,8-9,13H,6-7,10H2,1H3. The Labute approximate surface area is 122 Å². The molecule has 2 aromatic rings. The van der Waals surface area contributed by atoms with Crippen LogP contribution in [0.2, 0.25) is 0 Å². The lowest BCUT2D eigenvalue weighted by atomic mass is 9.90. The third-order valence-corrected chi connectivity index (χ3v) is 4.49. The number of rotatable bonds is 3. The lowest BCUT2D eigenvalue weighted by Gasteiger charge is -2.24. The van der Waals surface area contributed by atoms with Crippen LogP contribution in [0.4, 0.5) is 0 Å². The van der Waals surface area contributed by atoms with Gasteiger partial charge in [-0.2, -0.15) is 0 Å². The molecule has 0 bridgehead atoms. The van der Waals surface area contributed by atoms with E-state index in [0.29, 0.717) is 10.6 Å². The molecule has 0 saturated carbocycles. The summed E-state index contributed by atoms with van der Waals surface area (Å²) in [6, 6.07) is 10.1. The molecule has 0 radical (unpaired) electrons. The minimum atomic E-state index is -0.277. The summed E-state index contributed by atoms with van der Waals surface area (Å²) in [7, 11) is 1.57. The molecule has 1 heterocycles. The Bertz CT molecular complexity index is 618. The maximum atomic E-state index is 12.2. The van der Waals surface area contributed by atoms with E-state index >= 15 is 0 Å². The highest BCUT2D eigenvalue weighted by Gasteiger charge is 2.24. The first kappa shape index (κ1) is 13.2. The van der Waals surface area contributed by atoms with Crippen molar-refractivity contribution >= 4 is 17.3 Å². The fraction of sp³-hybridized carbons (Fsp3) is 0.312. The zero-order chi connectivity index (χ0) is 13.9. The molecule has 3 nitrogen and oxygen atoms in total. The Morgan fingerprint density at radius 1 is 1.25 bits per heavy atom. The first-order valence-corrected chi connectivity index (χ1v) is 7.55. The number of ether oxygens (including phenoxy) is 2. The predicted octanol–water partition coefficient (Wildman–Crippen LogP) is 3.47. The molecule has 4 heteroatoms. The van der Waals surface area contributed by atoms with Gasteiger partial charge in [-0.05, 0) is 35.4 Å². The zero-order valence-corrected chi connectivity index (χ0v) is 12.1. The topological polar surface area (TPSA) is 35.5 Å². The molecule has 1 atom stereocenters. The first-order valence-electron chi connectivity index (χ1n) is 6.67. The molecule has 0 spiro atoms. The minimum Gasteiger partial charge on any atom is -0.495 e. The van der Waals surface area contributed by atoms with Crippen molar-refractivity contribution < 1.29 is 14.3 Å².